The number of nitrogens with two attached hydrogens (primary N) is 1. The van der Waals surface area contributed by atoms with E-state index in [1.807, 2.05) is 0 Å². The average Bonchev–Trinajstić information content (AvgIpc) is 2.98. The minimum absolute atomic E-state index is 0.324. The highest BCUT2D eigenvalue weighted by Gasteiger charge is 2.23. The molecule has 1 aromatic heterocycles. The maximum atomic E-state index is 5.93. The molecule has 1 atom stereocenters. The molecule has 3 rings (SSSR count). The molecule has 1 aromatic rings. The van der Waals surface area contributed by atoms with Crippen molar-refractivity contribution in [2.45, 2.75) is 50.5 Å². The third-order valence-electron chi connectivity index (χ3n) is 4.18. The Bertz CT molecular complexity index is 348. The molecule has 1 unspecified atom stereocenters. The van der Waals surface area contributed by atoms with E-state index < -0.39 is 0 Å². The number of aromatic nitrogens is 2. The molecule has 0 spiro atoms. The number of nitrogens with one attached hydrogen (secondary N) is 1. The van der Waals surface area contributed by atoms with Gasteiger partial charge in [-0.05, 0) is 19.3 Å². The second-order valence-corrected chi connectivity index (χ2v) is 5.51. The first-order chi connectivity index (χ1) is 8.33. The second kappa shape index (κ2) is 4.69. The van der Waals surface area contributed by atoms with Crippen molar-refractivity contribution < 1.29 is 0 Å². The predicted molar refractivity (Wildman–Crippen MR) is 69.2 cm³/mol. The monoisotopic (exact) mass is 234 g/mol. The fourth-order valence-corrected chi connectivity index (χ4v) is 3.11. The number of nitrogens with zero attached hydrogens (tertiary/aromatic N) is 2. The van der Waals surface area contributed by atoms with E-state index >= 15 is 0 Å². The highest BCUT2D eigenvalue weighted by atomic mass is 15.3. The van der Waals surface area contributed by atoms with E-state index in [-0.39, 0.29) is 0 Å². The molecule has 3 N–H and O–H groups in total. The van der Waals surface area contributed by atoms with Crippen LogP contribution >= 0.6 is 0 Å². The lowest BCUT2D eigenvalue weighted by Crippen LogP contribution is -2.26. The Morgan fingerprint density at radius 1 is 1.24 bits per heavy atom. The average molecular weight is 234 g/mol. The first kappa shape index (κ1) is 11.1. The Morgan fingerprint density at radius 2 is 2.06 bits per heavy atom. The quantitative estimate of drug-likeness (QED) is 0.823. The summed E-state index contributed by atoms with van der Waals surface area (Å²) in [6, 6.07) is 2.57. The van der Waals surface area contributed by atoms with E-state index in [1.165, 1.54) is 37.8 Å². The Kier molecular flexibility index (Phi) is 3.05. The fraction of sp³-hybridized carbons (Fsp3) is 0.769. The number of H-pyrrole nitrogens is 1. The Morgan fingerprint density at radius 3 is 2.76 bits per heavy atom. The van der Waals surface area contributed by atoms with Crippen LogP contribution in [0.4, 0.5) is 5.82 Å². The molecule has 1 saturated heterocycles. The van der Waals surface area contributed by atoms with Crippen molar-refractivity contribution >= 4 is 5.82 Å². The summed E-state index contributed by atoms with van der Waals surface area (Å²) in [5.74, 6) is 1.81. The first-order valence-corrected chi connectivity index (χ1v) is 6.89. The summed E-state index contributed by atoms with van der Waals surface area (Å²) in [5.41, 5.74) is 7.27. The molecule has 0 radical (unpaired) electrons. The van der Waals surface area contributed by atoms with Gasteiger partial charge in [0, 0.05) is 36.8 Å². The summed E-state index contributed by atoms with van der Waals surface area (Å²) >= 11 is 0. The second-order valence-electron chi connectivity index (χ2n) is 5.51. The molecule has 0 bridgehead atoms. The van der Waals surface area contributed by atoms with Gasteiger partial charge in [-0.2, -0.15) is 5.10 Å². The number of anilines is 1. The highest BCUT2D eigenvalue weighted by Crippen LogP contribution is 2.33. The first-order valence-electron chi connectivity index (χ1n) is 6.89. The summed E-state index contributed by atoms with van der Waals surface area (Å²) < 4.78 is 0. The van der Waals surface area contributed by atoms with Crippen molar-refractivity contribution in [3.63, 3.8) is 0 Å². The topological polar surface area (TPSA) is 57.9 Å². The third-order valence-corrected chi connectivity index (χ3v) is 4.18. The number of hydrogen-bond acceptors (Lipinski definition) is 3. The van der Waals surface area contributed by atoms with Crippen molar-refractivity contribution in [1.29, 1.82) is 0 Å². The molecule has 2 aliphatic rings. The zero-order chi connectivity index (χ0) is 11.7. The van der Waals surface area contributed by atoms with Crippen LogP contribution in [0.3, 0.4) is 0 Å². The zero-order valence-electron chi connectivity index (χ0n) is 10.4. The molecule has 94 valence electrons. The zero-order valence-corrected chi connectivity index (χ0v) is 10.4. The van der Waals surface area contributed by atoms with E-state index in [0.717, 1.165) is 25.3 Å². The molecule has 2 fully saturated rings. The molecular weight excluding hydrogens is 212 g/mol. The Balaban J connectivity index is 1.69. The van der Waals surface area contributed by atoms with Crippen LogP contribution in [0, 0.1) is 0 Å². The summed E-state index contributed by atoms with van der Waals surface area (Å²) in [6.07, 6.45) is 7.87. The van der Waals surface area contributed by atoms with Crippen LogP contribution < -0.4 is 10.6 Å². The maximum Gasteiger partial charge on any atom is 0.150 e. The lowest BCUT2D eigenvalue weighted by molar-refractivity contribution is 0.436. The van der Waals surface area contributed by atoms with Gasteiger partial charge in [-0.25, -0.2) is 0 Å². The lowest BCUT2D eigenvalue weighted by Gasteiger charge is -2.19. The molecule has 4 heteroatoms. The predicted octanol–water partition coefficient (Wildman–Crippen LogP) is 1.99. The third kappa shape index (κ3) is 2.32. The molecule has 1 saturated carbocycles. The van der Waals surface area contributed by atoms with Crippen LogP contribution in [0.15, 0.2) is 6.07 Å². The lowest BCUT2D eigenvalue weighted by atomic mass is 9.87. The van der Waals surface area contributed by atoms with Gasteiger partial charge in [0.25, 0.3) is 0 Å². The Hall–Kier alpha value is -1.03. The van der Waals surface area contributed by atoms with Crippen LogP contribution in [0.2, 0.25) is 0 Å². The van der Waals surface area contributed by atoms with Gasteiger partial charge in [-0.3, -0.25) is 5.10 Å². The molecule has 4 nitrogen and oxygen atoms in total. The largest absolute Gasteiger partial charge is 0.354 e. The van der Waals surface area contributed by atoms with Crippen LogP contribution in [-0.4, -0.2) is 29.3 Å². The van der Waals surface area contributed by atoms with Gasteiger partial charge in [-0.15, -0.1) is 0 Å². The number of aromatic amines is 1. The van der Waals surface area contributed by atoms with Crippen molar-refractivity contribution in [3.8, 4) is 0 Å². The summed E-state index contributed by atoms with van der Waals surface area (Å²) in [7, 11) is 0. The minimum atomic E-state index is 0.324. The SMILES string of the molecule is NC1CCN(c2cc(C3CCCCC3)[nH]n2)C1. The van der Waals surface area contributed by atoms with E-state index in [0.29, 0.717) is 12.0 Å². The van der Waals surface area contributed by atoms with Gasteiger partial charge in [-0.1, -0.05) is 19.3 Å². The molecule has 17 heavy (non-hydrogen) atoms. The van der Waals surface area contributed by atoms with Crippen molar-refractivity contribution in [2.75, 3.05) is 18.0 Å². The van der Waals surface area contributed by atoms with E-state index in [9.17, 15) is 0 Å². The summed E-state index contributed by atoms with van der Waals surface area (Å²) in [5, 5.41) is 7.69. The summed E-state index contributed by atoms with van der Waals surface area (Å²) in [4.78, 5) is 2.30. The van der Waals surface area contributed by atoms with Crippen LogP contribution in [0.25, 0.3) is 0 Å². The van der Waals surface area contributed by atoms with Crippen molar-refractivity contribution in [3.05, 3.63) is 11.8 Å². The molecule has 1 aliphatic carbocycles. The summed E-state index contributed by atoms with van der Waals surface area (Å²) in [6.45, 7) is 2.01. The van der Waals surface area contributed by atoms with Crippen molar-refractivity contribution in [1.82, 2.24) is 10.2 Å². The molecule has 0 amide bonds. The number of hydrogen-bond donors (Lipinski definition) is 2. The standard InChI is InChI=1S/C13H22N4/c14-11-6-7-17(9-11)13-8-12(15-16-13)10-4-2-1-3-5-10/h8,10-11H,1-7,9,14H2,(H,15,16). The molecular formula is C13H22N4. The molecule has 2 heterocycles. The Labute approximate surface area is 103 Å². The smallest absolute Gasteiger partial charge is 0.150 e. The van der Waals surface area contributed by atoms with Gasteiger partial charge >= 0.3 is 0 Å². The van der Waals surface area contributed by atoms with Gasteiger partial charge in [0.2, 0.25) is 0 Å². The normalized spacial score (nSPS) is 26.6. The molecule has 1 aliphatic heterocycles. The van der Waals surface area contributed by atoms with E-state index in [2.05, 4.69) is 21.2 Å². The van der Waals surface area contributed by atoms with E-state index in [1.54, 1.807) is 0 Å². The molecule has 0 aromatic carbocycles. The highest BCUT2D eigenvalue weighted by molar-refractivity contribution is 5.41. The van der Waals surface area contributed by atoms with Gasteiger partial charge in [0.05, 0.1) is 0 Å². The van der Waals surface area contributed by atoms with Crippen LogP contribution in [0.1, 0.15) is 50.1 Å². The van der Waals surface area contributed by atoms with Crippen molar-refractivity contribution in [2.24, 2.45) is 5.73 Å². The van der Waals surface area contributed by atoms with Crippen LogP contribution in [0.5, 0.6) is 0 Å². The van der Waals surface area contributed by atoms with Gasteiger partial charge in [0.15, 0.2) is 5.82 Å². The van der Waals surface area contributed by atoms with Crippen LogP contribution in [-0.2, 0) is 0 Å². The fourth-order valence-electron chi connectivity index (χ4n) is 3.11. The number of rotatable bonds is 2. The van der Waals surface area contributed by atoms with Gasteiger partial charge in [0.1, 0.15) is 0 Å². The van der Waals surface area contributed by atoms with E-state index in [4.69, 9.17) is 5.73 Å². The maximum absolute atomic E-state index is 5.93. The van der Waals surface area contributed by atoms with Gasteiger partial charge < -0.3 is 10.6 Å². The minimum Gasteiger partial charge on any atom is -0.354 e.